The zero-order valence-electron chi connectivity index (χ0n) is 12.1. The second-order valence-electron chi connectivity index (χ2n) is 5.49. The number of amides is 1. The number of carboxylic acids is 1. The van der Waals surface area contributed by atoms with Gasteiger partial charge in [0, 0.05) is 5.56 Å². The number of rotatable bonds is 5. The Bertz CT molecular complexity index is 577. The predicted octanol–water partition coefficient (Wildman–Crippen LogP) is 2.08. The average Bonchev–Trinajstić information content (AvgIpc) is 2.45. The van der Waals surface area contributed by atoms with Crippen molar-refractivity contribution < 1.29 is 19.4 Å². The Hall–Kier alpha value is -2.30. The highest BCUT2D eigenvalue weighted by Gasteiger charge is 2.24. The Labute approximate surface area is 123 Å². The van der Waals surface area contributed by atoms with Crippen molar-refractivity contribution in [3.05, 3.63) is 35.4 Å². The topological polar surface area (TPSA) is 75.6 Å². The van der Waals surface area contributed by atoms with Crippen molar-refractivity contribution in [3.63, 3.8) is 0 Å². The van der Waals surface area contributed by atoms with Crippen LogP contribution in [-0.4, -0.2) is 29.6 Å². The van der Waals surface area contributed by atoms with E-state index in [1.165, 1.54) is 0 Å². The summed E-state index contributed by atoms with van der Waals surface area (Å²) in [6.45, 7) is 3.99. The molecule has 1 amide bonds. The third-order valence-electron chi connectivity index (χ3n) is 3.23. The standard InChI is InChI=1S/C16H19NO4/c1-10(2)7-13(16(19)20)17-15(18)12-8-11-5-3-4-6-14(11)21-9-12/h3-6,8,10,13H,7,9H2,1-2H3,(H,17,18)(H,19,20). The number of ether oxygens (including phenoxy) is 1. The van der Waals surface area contributed by atoms with E-state index in [1.54, 1.807) is 6.08 Å². The van der Waals surface area contributed by atoms with Crippen molar-refractivity contribution in [2.45, 2.75) is 26.3 Å². The van der Waals surface area contributed by atoms with Gasteiger partial charge in [-0.05, 0) is 24.5 Å². The maximum atomic E-state index is 12.2. The molecule has 1 aromatic carbocycles. The van der Waals surface area contributed by atoms with E-state index in [1.807, 2.05) is 38.1 Å². The Balaban J connectivity index is 2.10. The quantitative estimate of drug-likeness (QED) is 0.870. The van der Waals surface area contributed by atoms with Gasteiger partial charge < -0.3 is 15.2 Å². The molecule has 1 aromatic rings. The molecular weight excluding hydrogens is 270 g/mol. The summed E-state index contributed by atoms with van der Waals surface area (Å²) in [7, 11) is 0. The minimum atomic E-state index is -1.02. The Kier molecular flexibility index (Phi) is 4.62. The molecule has 2 N–H and O–H groups in total. The van der Waals surface area contributed by atoms with Gasteiger partial charge in [0.25, 0.3) is 5.91 Å². The number of carbonyl (C=O) groups is 2. The Morgan fingerprint density at radius 1 is 1.33 bits per heavy atom. The fourth-order valence-electron chi connectivity index (χ4n) is 2.19. The third-order valence-corrected chi connectivity index (χ3v) is 3.23. The number of carboxylic acid groups (broad SMARTS) is 1. The summed E-state index contributed by atoms with van der Waals surface area (Å²) in [5, 5.41) is 11.7. The number of fused-ring (bicyclic) bond motifs is 1. The molecule has 0 saturated carbocycles. The molecule has 0 aliphatic carbocycles. The van der Waals surface area contributed by atoms with E-state index < -0.39 is 17.9 Å². The first-order valence-electron chi connectivity index (χ1n) is 6.93. The second-order valence-corrected chi connectivity index (χ2v) is 5.49. The number of nitrogens with one attached hydrogen (secondary N) is 1. The molecule has 112 valence electrons. The first-order valence-corrected chi connectivity index (χ1v) is 6.93. The first kappa shape index (κ1) is 15.1. The van der Waals surface area contributed by atoms with E-state index in [4.69, 9.17) is 9.84 Å². The van der Waals surface area contributed by atoms with E-state index in [0.29, 0.717) is 12.0 Å². The van der Waals surface area contributed by atoms with Gasteiger partial charge in [0.1, 0.15) is 18.4 Å². The van der Waals surface area contributed by atoms with Crippen LogP contribution in [0.15, 0.2) is 29.8 Å². The highest BCUT2D eigenvalue weighted by Crippen LogP contribution is 2.25. The summed E-state index contributed by atoms with van der Waals surface area (Å²) in [4.78, 5) is 23.4. The molecule has 0 aromatic heterocycles. The lowest BCUT2D eigenvalue weighted by Crippen LogP contribution is -2.43. The van der Waals surface area contributed by atoms with Crippen LogP contribution >= 0.6 is 0 Å². The minimum absolute atomic E-state index is 0.150. The number of hydrogen-bond donors (Lipinski definition) is 2. The monoisotopic (exact) mass is 289 g/mol. The summed E-state index contributed by atoms with van der Waals surface area (Å²) in [5.74, 6) is -0.498. The minimum Gasteiger partial charge on any atom is -0.488 e. The molecule has 0 spiro atoms. The highest BCUT2D eigenvalue weighted by atomic mass is 16.5. The number of aliphatic carboxylic acids is 1. The fraction of sp³-hybridized carbons (Fsp3) is 0.375. The lowest BCUT2D eigenvalue weighted by Gasteiger charge is -2.20. The number of benzene rings is 1. The summed E-state index contributed by atoms with van der Waals surface area (Å²) >= 11 is 0. The van der Waals surface area contributed by atoms with Crippen LogP contribution in [-0.2, 0) is 9.59 Å². The van der Waals surface area contributed by atoms with Gasteiger partial charge in [0.2, 0.25) is 0 Å². The lowest BCUT2D eigenvalue weighted by molar-refractivity contribution is -0.141. The van der Waals surface area contributed by atoms with Crippen LogP contribution in [0.25, 0.3) is 6.08 Å². The molecule has 1 atom stereocenters. The zero-order valence-corrected chi connectivity index (χ0v) is 12.1. The molecule has 2 rings (SSSR count). The fourth-order valence-corrected chi connectivity index (χ4v) is 2.19. The average molecular weight is 289 g/mol. The highest BCUT2D eigenvalue weighted by molar-refractivity contribution is 6.00. The Morgan fingerprint density at radius 3 is 2.71 bits per heavy atom. The Morgan fingerprint density at radius 2 is 2.05 bits per heavy atom. The molecule has 1 heterocycles. The molecule has 5 nitrogen and oxygen atoms in total. The van der Waals surface area contributed by atoms with Gasteiger partial charge >= 0.3 is 5.97 Å². The predicted molar refractivity (Wildman–Crippen MR) is 78.9 cm³/mol. The number of hydrogen-bond acceptors (Lipinski definition) is 3. The van der Waals surface area contributed by atoms with Gasteiger partial charge in [-0.1, -0.05) is 32.0 Å². The maximum Gasteiger partial charge on any atom is 0.326 e. The molecule has 5 heteroatoms. The van der Waals surface area contributed by atoms with Crippen molar-refractivity contribution in [1.29, 1.82) is 0 Å². The lowest BCUT2D eigenvalue weighted by atomic mass is 10.0. The molecule has 0 bridgehead atoms. The zero-order chi connectivity index (χ0) is 15.4. The number of carbonyl (C=O) groups excluding carboxylic acids is 1. The van der Waals surface area contributed by atoms with E-state index in [-0.39, 0.29) is 12.5 Å². The van der Waals surface area contributed by atoms with E-state index in [2.05, 4.69) is 5.32 Å². The van der Waals surface area contributed by atoms with Crippen molar-refractivity contribution in [2.75, 3.05) is 6.61 Å². The normalized spacial score (nSPS) is 14.7. The van der Waals surface area contributed by atoms with Gasteiger partial charge in [-0.25, -0.2) is 4.79 Å². The summed E-state index contributed by atoms with van der Waals surface area (Å²) in [6.07, 6.45) is 2.13. The summed E-state index contributed by atoms with van der Waals surface area (Å²) < 4.78 is 5.50. The molecule has 1 aliphatic heterocycles. The third kappa shape index (κ3) is 3.84. The largest absolute Gasteiger partial charge is 0.488 e. The van der Waals surface area contributed by atoms with Crippen molar-refractivity contribution in [1.82, 2.24) is 5.32 Å². The van der Waals surface area contributed by atoms with Crippen LogP contribution < -0.4 is 10.1 Å². The van der Waals surface area contributed by atoms with Crippen LogP contribution in [0.5, 0.6) is 5.75 Å². The van der Waals surface area contributed by atoms with Crippen molar-refractivity contribution in [3.8, 4) is 5.75 Å². The summed E-state index contributed by atoms with van der Waals surface area (Å²) in [5.41, 5.74) is 1.26. The van der Waals surface area contributed by atoms with Gasteiger partial charge in [0.15, 0.2) is 0 Å². The smallest absolute Gasteiger partial charge is 0.326 e. The van der Waals surface area contributed by atoms with Crippen LogP contribution in [0, 0.1) is 5.92 Å². The summed E-state index contributed by atoms with van der Waals surface area (Å²) in [6, 6.07) is 6.53. The van der Waals surface area contributed by atoms with Gasteiger partial charge in [-0.2, -0.15) is 0 Å². The molecule has 1 aliphatic rings. The SMILES string of the molecule is CC(C)CC(NC(=O)C1=Cc2ccccc2OC1)C(=O)O. The van der Waals surface area contributed by atoms with E-state index in [9.17, 15) is 9.59 Å². The molecule has 0 saturated heterocycles. The van der Waals surface area contributed by atoms with Crippen LogP contribution in [0.2, 0.25) is 0 Å². The van der Waals surface area contributed by atoms with Crippen molar-refractivity contribution in [2.24, 2.45) is 5.92 Å². The van der Waals surface area contributed by atoms with Crippen molar-refractivity contribution >= 4 is 18.0 Å². The van der Waals surface area contributed by atoms with Gasteiger partial charge in [-0.15, -0.1) is 0 Å². The molecule has 0 fully saturated rings. The van der Waals surface area contributed by atoms with Crippen LogP contribution in [0.3, 0.4) is 0 Å². The first-order chi connectivity index (χ1) is 9.97. The maximum absolute atomic E-state index is 12.2. The molecular formula is C16H19NO4. The number of para-hydroxylation sites is 1. The van der Waals surface area contributed by atoms with Crippen LogP contribution in [0.1, 0.15) is 25.8 Å². The van der Waals surface area contributed by atoms with Crippen LogP contribution in [0.4, 0.5) is 0 Å². The molecule has 21 heavy (non-hydrogen) atoms. The second kappa shape index (κ2) is 6.43. The van der Waals surface area contributed by atoms with E-state index >= 15 is 0 Å². The molecule has 1 unspecified atom stereocenters. The molecule has 0 radical (unpaired) electrons. The van der Waals surface area contributed by atoms with Gasteiger partial charge in [0.05, 0.1) is 5.57 Å². The van der Waals surface area contributed by atoms with Gasteiger partial charge in [-0.3, -0.25) is 4.79 Å². The van der Waals surface area contributed by atoms with E-state index in [0.717, 1.165) is 11.3 Å².